The number of hydrogen-bond acceptors (Lipinski definition) is 6. The van der Waals surface area contributed by atoms with Crippen LogP contribution in [-0.4, -0.2) is 21.9 Å². The first-order valence-corrected chi connectivity index (χ1v) is 7.59. The van der Waals surface area contributed by atoms with Gasteiger partial charge in [-0.25, -0.2) is 9.97 Å². The van der Waals surface area contributed by atoms with E-state index in [2.05, 4.69) is 34.2 Å². The molecule has 1 atom stereocenters. The monoisotopic (exact) mass is 282 g/mol. The lowest BCUT2D eigenvalue weighted by atomic mass is 10.3. The molecule has 0 aliphatic carbocycles. The van der Waals surface area contributed by atoms with Gasteiger partial charge in [-0.3, -0.25) is 4.90 Å². The minimum atomic E-state index is 0.0257. The van der Waals surface area contributed by atoms with Crippen LogP contribution in [0.4, 0.5) is 0 Å². The predicted octanol–water partition coefficient (Wildman–Crippen LogP) is 2.56. The lowest BCUT2D eigenvalue weighted by molar-refractivity contribution is 0.317. The van der Waals surface area contributed by atoms with Crippen LogP contribution in [0.1, 0.15) is 34.2 Å². The van der Waals surface area contributed by atoms with E-state index >= 15 is 0 Å². The topological polar surface area (TPSA) is 55.0 Å². The van der Waals surface area contributed by atoms with Crippen LogP contribution in [0.2, 0.25) is 0 Å². The Morgan fingerprint density at radius 3 is 2.72 bits per heavy atom. The van der Waals surface area contributed by atoms with Gasteiger partial charge >= 0.3 is 0 Å². The number of aryl methyl sites for hydroxylation is 1. The Morgan fingerprint density at radius 2 is 2.17 bits per heavy atom. The maximum atomic E-state index is 5.82. The molecule has 98 valence electrons. The third-order valence-electron chi connectivity index (χ3n) is 2.65. The number of nitrogens with zero attached hydrogens (tertiary/aromatic N) is 3. The van der Waals surface area contributed by atoms with Gasteiger partial charge in [0.2, 0.25) is 0 Å². The van der Waals surface area contributed by atoms with Crippen LogP contribution in [0.15, 0.2) is 10.9 Å². The van der Waals surface area contributed by atoms with E-state index in [0.29, 0.717) is 0 Å². The van der Waals surface area contributed by atoms with Gasteiger partial charge in [0.05, 0.1) is 22.9 Å². The average Bonchev–Trinajstić information content (AvgIpc) is 2.89. The average molecular weight is 282 g/mol. The van der Waals surface area contributed by atoms with Crippen LogP contribution in [0.3, 0.4) is 0 Å². The highest BCUT2D eigenvalue weighted by atomic mass is 32.1. The van der Waals surface area contributed by atoms with E-state index in [1.807, 2.05) is 12.4 Å². The molecule has 6 heteroatoms. The zero-order valence-corrected chi connectivity index (χ0v) is 12.5. The summed E-state index contributed by atoms with van der Waals surface area (Å²) in [4.78, 5) is 12.4. The molecule has 0 spiro atoms. The third-order valence-corrected chi connectivity index (χ3v) is 4.66. The van der Waals surface area contributed by atoms with Crippen LogP contribution >= 0.6 is 22.7 Å². The Labute approximate surface area is 115 Å². The highest BCUT2D eigenvalue weighted by molar-refractivity contribution is 7.10. The summed E-state index contributed by atoms with van der Waals surface area (Å²) >= 11 is 3.35. The number of hydrogen-bond donors (Lipinski definition) is 1. The van der Waals surface area contributed by atoms with E-state index in [1.165, 1.54) is 4.88 Å². The number of rotatable bonds is 5. The van der Waals surface area contributed by atoms with E-state index in [9.17, 15) is 0 Å². The summed E-state index contributed by atoms with van der Waals surface area (Å²) in [5.41, 5.74) is 9.93. The molecule has 0 fully saturated rings. The van der Waals surface area contributed by atoms with E-state index in [1.54, 1.807) is 22.7 Å². The summed E-state index contributed by atoms with van der Waals surface area (Å²) in [6, 6.07) is 0.0257. The smallest absolute Gasteiger partial charge is 0.109 e. The molecular weight excluding hydrogens is 264 g/mol. The number of thiazole rings is 2. The Hall–Kier alpha value is -0.820. The van der Waals surface area contributed by atoms with Crippen LogP contribution in [-0.2, 0) is 13.1 Å². The molecule has 0 aliphatic rings. The van der Waals surface area contributed by atoms with E-state index < -0.39 is 0 Å². The highest BCUT2D eigenvalue weighted by Gasteiger charge is 2.10. The summed E-state index contributed by atoms with van der Waals surface area (Å²) < 4.78 is 0. The minimum Gasteiger partial charge on any atom is -0.322 e. The van der Waals surface area contributed by atoms with Crippen molar-refractivity contribution in [2.24, 2.45) is 5.73 Å². The molecule has 2 rings (SSSR count). The molecule has 2 aromatic heterocycles. The lowest BCUT2D eigenvalue weighted by Gasteiger charge is -2.14. The zero-order chi connectivity index (χ0) is 13.1. The minimum absolute atomic E-state index is 0.0257. The van der Waals surface area contributed by atoms with Crippen LogP contribution in [0.25, 0.3) is 0 Å². The van der Waals surface area contributed by atoms with Crippen molar-refractivity contribution in [1.82, 2.24) is 14.9 Å². The van der Waals surface area contributed by atoms with Gasteiger partial charge in [-0.1, -0.05) is 0 Å². The molecule has 0 aromatic carbocycles. The second kappa shape index (κ2) is 5.88. The summed E-state index contributed by atoms with van der Waals surface area (Å²) in [7, 11) is 2.10. The largest absolute Gasteiger partial charge is 0.322 e. The van der Waals surface area contributed by atoms with Gasteiger partial charge < -0.3 is 5.73 Å². The van der Waals surface area contributed by atoms with E-state index in [4.69, 9.17) is 5.73 Å². The first kappa shape index (κ1) is 13.6. The highest BCUT2D eigenvalue weighted by Crippen LogP contribution is 2.19. The third kappa shape index (κ3) is 3.35. The Bertz CT molecular complexity index is 504. The van der Waals surface area contributed by atoms with Crippen molar-refractivity contribution < 1.29 is 0 Å². The van der Waals surface area contributed by atoms with Crippen molar-refractivity contribution in [2.75, 3.05) is 7.05 Å². The molecule has 0 saturated carbocycles. The van der Waals surface area contributed by atoms with Gasteiger partial charge in [-0.15, -0.1) is 22.7 Å². The van der Waals surface area contributed by atoms with Crippen molar-refractivity contribution in [3.63, 3.8) is 0 Å². The van der Waals surface area contributed by atoms with Gasteiger partial charge in [0, 0.05) is 23.3 Å². The van der Waals surface area contributed by atoms with Crippen LogP contribution in [0, 0.1) is 6.92 Å². The molecule has 2 N–H and O–H groups in total. The van der Waals surface area contributed by atoms with Crippen molar-refractivity contribution in [2.45, 2.75) is 33.0 Å². The van der Waals surface area contributed by atoms with Gasteiger partial charge in [-0.2, -0.15) is 0 Å². The molecule has 1 unspecified atom stereocenters. The molecule has 0 bridgehead atoms. The van der Waals surface area contributed by atoms with Crippen LogP contribution < -0.4 is 5.73 Å². The summed E-state index contributed by atoms with van der Waals surface area (Å²) in [6.45, 7) is 5.78. The Balaban J connectivity index is 1.94. The fraction of sp³-hybridized carbons (Fsp3) is 0.500. The van der Waals surface area contributed by atoms with E-state index in [0.717, 1.165) is 29.5 Å². The lowest BCUT2D eigenvalue weighted by Crippen LogP contribution is -2.17. The second-order valence-corrected chi connectivity index (χ2v) is 6.33. The summed E-state index contributed by atoms with van der Waals surface area (Å²) in [5, 5.41) is 3.10. The van der Waals surface area contributed by atoms with Crippen molar-refractivity contribution in [1.29, 1.82) is 0 Å². The molecule has 18 heavy (non-hydrogen) atoms. The fourth-order valence-corrected chi connectivity index (χ4v) is 3.28. The van der Waals surface area contributed by atoms with Gasteiger partial charge in [0.15, 0.2) is 0 Å². The number of nitrogens with two attached hydrogens (primary N) is 1. The van der Waals surface area contributed by atoms with Gasteiger partial charge in [0.1, 0.15) is 5.01 Å². The Kier molecular flexibility index (Phi) is 4.45. The molecule has 0 saturated heterocycles. The fourth-order valence-electron chi connectivity index (χ4n) is 1.66. The molecular formula is C12H18N4S2. The van der Waals surface area contributed by atoms with Crippen molar-refractivity contribution in [3.8, 4) is 0 Å². The first-order valence-electron chi connectivity index (χ1n) is 5.83. The summed E-state index contributed by atoms with van der Waals surface area (Å²) in [6.07, 6.45) is 0. The standard InChI is InChI=1S/C12H18N4S2/c1-8(13)12-15-10(6-17-12)4-16(3)5-11-9(2)14-7-18-11/h6-8H,4-5,13H2,1-3H3. The predicted molar refractivity (Wildman–Crippen MR) is 76.7 cm³/mol. The SMILES string of the molecule is Cc1ncsc1CN(C)Cc1csc(C(C)N)n1. The first-order chi connectivity index (χ1) is 8.56. The maximum absolute atomic E-state index is 5.82. The molecule has 0 radical (unpaired) electrons. The Morgan fingerprint density at radius 1 is 1.39 bits per heavy atom. The molecule has 0 amide bonds. The van der Waals surface area contributed by atoms with Gasteiger partial charge in [-0.05, 0) is 20.9 Å². The van der Waals surface area contributed by atoms with Crippen molar-refractivity contribution >= 4 is 22.7 Å². The van der Waals surface area contributed by atoms with Crippen LogP contribution in [0.5, 0.6) is 0 Å². The van der Waals surface area contributed by atoms with Gasteiger partial charge in [0.25, 0.3) is 0 Å². The quantitative estimate of drug-likeness (QED) is 0.915. The normalized spacial score (nSPS) is 13.2. The molecule has 2 aromatic rings. The molecule has 2 heterocycles. The summed E-state index contributed by atoms with van der Waals surface area (Å²) in [5.74, 6) is 0. The second-order valence-electron chi connectivity index (χ2n) is 4.50. The zero-order valence-electron chi connectivity index (χ0n) is 10.9. The maximum Gasteiger partial charge on any atom is 0.109 e. The molecule has 4 nitrogen and oxygen atoms in total. The molecule has 0 aliphatic heterocycles. The number of aromatic nitrogens is 2. The van der Waals surface area contributed by atoms with Crippen molar-refractivity contribution in [3.05, 3.63) is 32.2 Å². The van der Waals surface area contributed by atoms with E-state index in [-0.39, 0.29) is 6.04 Å².